The number of hydrogen-bond acceptors (Lipinski definition) is 4. The normalized spacial score (nSPS) is 11.5. The van der Waals surface area contributed by atoms with E-state index in [0.717, 1.165) is 6.07 Å². The molecule has 2 aromatic rings. The smallest absolute Gasteiger partial charge is 0.335 e. The number of rotatable bonds is 6. The molecule has 8 heteroatoms. The Morgan fingerprint density at radius 3 is 2.81 bits per heavy atom. The fourth-order valence-corrected chi connectivity index (χ4v) is 2.86. The van der Waals surface area contributed by atoms with Crippen molar-refractivity contribution in [3.05, 3.63) is 48.0 Å². The van der Waals surface area contributed by atoms with Crippen molar-refractivity contribution in [3.63, 3.8) is 0 Å². The molecule has 0 fully saturated rings. The first-order chi connectivity index (χ1) is 9.90. The molecule has 0 saturated carbocycles. The van der Waals surface area contributed by atoms with E-state index in [9.17, 15) is 13.2 Å². The molecule has 0 aliphatic rings. The number of hydrogen-bond donors (Lipinski definition) is 2. The minimum absolute atomic E-state index is 0.0208. The van der Waals surface area contributed by atoms with Crippen LogP contribution in [0, 0.1) is 6.92 Å². The SMILES string of the molecule is Cc1ccc(S(=O)(=O)NCCn2ccnc2)cc1C(=O)O. The molecule has 1 aromatic heterocycles. The molecule has 1 aromatic carbocycles. The molecule has 2 rings (SSSR count). The molecule has 112 valence electrons. The van der Waals surface area contributed by atoms with Crippen molar-refractivity contribution in [2.45, 2.75) is 18.4 Å². The van der Waals surface area contributed by atoms with E-state index in [2.05, 4.69) is 9.71 Å². The Labute approximate surface area is 122 Å². The van der Waals surface area contributed by atoms with Gasteiger partial charge in [-0.25, -0.2) is 22.9 Å². The van der Waals surface area contributed by atoms with Crippen LogP contribution in [0.25, 0.3) is 0 Å². The van der Waals surface area contributed by atoms with Crippen LogP contribution >= 0.6 is 0 Å². The third kappa shape index (κ3) is 3.67. The van der Waals surface area contributed by atoms with Gasteiger partial charge >= 0.3 is 5.97 Å². The zero-order chi connectivity index (χ0) is 15.5. The van der Waals surface area contributed by atoms with Gasteiger partial charge in [0.15, 0.2) is 0 Å². The first-order valence-corrected chi connectivity index (χ1v) is 7.68. The van der Waals surface area contributed by atoms with E-state index in [1.54, 1.807) is 30.2 Å². The van der Waals surface area contributed by atoms with Gasteiger partial charge in [0.05, 0.1) is 16.8 Å². The molecular formula is C13H15N3O4S. The summed E-state index contributed by atoms with van der Waals surface area (Å²) in [7, 11) is -3.73. The third-order valence-electron chi connectivity index (χ3n) is 2.97. The monoisotopic (exact) mass is 309 g/mol. The summed E-state index contributed by atoms with van der Waals surface area (Å²) < 4.78 is 28.4. The number of carbonyl (C=O) groups is 1. The van der Waals surface area contributed by atoms with Crippen molar-refractivity contribution in [3.8, 4) is 0 Å². The molecule has 0 amide bonds. The summed E-state index contributed by atoms with van der Waals surface area (Å²) in [6.45, 7) is 2.25. The molecule has 2 N–H and O–H groups in total. The van der Waals surface area contributed by atoms with Crippen LogP contribution in [0.2, 0.25) is 0 Å². The zero-order valence-corrected chi connectivity index (χ0v) is 12.2. The minimum Gasteiger partial charge on any atom is -0.478 e. The van der Waals surface area contributed by atoms with Crippen molar-refractivity contribution in [1.82, 2.24) is 14.3 Å². The Kier molecular flexibility index (Phi) is 4.39. The van der Waals surface area contributed by atoms with Crippen LogP contribution in [0.15, 0.2) is 41.8 Å². The van der Waals surface area contributed by atoms with Gasteiger partial charge < -0.3 is 9.67 Å². The maximum Gasteiger partial charge on any atom is 0.335 e. The van der Waals surface area contributed by atoms with Crippen molar-refractivity contribution in [2.24, 2.45) is 0 Å². The van der Waals surface area contributed by atoms with E-state index in [0.29, 0.717) is 12.1 Å². The van der Waals surface area contributed by atoms with E-state index >= 15 is 0 Å². The predicted molar refractivity (Wildman–Crippen MR) is 75.6 cm³/mol. The highest BCUT2D eigenvalue weighted by atomic mass is 32.2. The minimum atomic E-state index is -3.73. The molecule has 0 aliphatic carbocycles. The van der Waals surface area contributed by atoms with Crippen molar-refractivity contribution in [1.29, 1.82) is 0 Å². The zero-order valence-electron chi connectivity index (χ0n) is 11.4. The quantitative estimate of drug-likeness (QED) is 0.824. The Bertz CT molecular complexity index is 739. The van der Waals surface area contributed by atoms with Gasteiger partial charge in [-0.05, 0) is 24.6 Å². The number of benzene rings is 1. The number of nitrogens with one attached hydrogen (secondary N) is 1. The number of imidazole rings is 1. The largest absolute Gasteiger partial charge is 0.478 e. The van der Waals surface area contributed by atoms with E-state index in [1.165, 1.54) is 12.1 Å². The second-order valence-electron chi connectivity index (χ2n) is 4.48. The molecule has 21 heavy (non-hydrogen) atoms. The summed E-state index contributed by atoms with van der Waals surface area (Å²) >= 11 is 0. The summed E-state index contributed by atoms with van der Waals surface area (Å²) in [6.07, 6.45) is 4.92. The van der Waals surface area contributed by atoms with E-state index in [-0.39, 0.29) is 17.0 Å². The van der Waals surface area contributed by atoms with Gasteiger partial charge in [-0.2, -0.15) is 0 Å². The van der Waals surface area contributed by atoms with Gasteiger partial charge in [-0.15, -0.1) is 0 Å². The number of sulfonamides is 1. The van der Waals surface area contributed by atoms with E-state index in [4.69, 9.17) is 5.11 Å². The van der Waals surface area contributed by atoms with Gasteiger partial charge in [-0.3, -0.25) is 0 Å². The highest BCUT2D eigenvalue weighted by Gasteiger charge is 2.17. The molecule has 0 bridgehead atoms. The average Bonchev–Trinajstić information content (AvgIpc) is 2.91. The predicted octanol–water partition coefficient (Wildman–Crippen LogP) is 0.868. The van der Waals surface area contributed by atoms with E-state index in [1.807, 2.05) is 0 Å². The Balaban J connectivity index is 2.12. The van der Waals surface area contributed by atoms with Gasteiger partial charge in [0.2, 0.25) is 10.0 Å². The Morgan fingerprint density at radius 2 is 2.19 bits per heavy atom. The summed E-state index contributed by atoms with van der Waals surface area (Å²) in [6, 6.07) is 4.03. The molecule has 0 saturated heterocycles. The molecule has 0 radical (unpaired) electrons. The van der Waals surface area contributed by atoms with Crippen LogP contribution in [-0.2, 0) is 16.6 Å². The average molecular weight is 309 g/mol. The summed E-state index contributed by atoms with van der Waals surface area (Å²) in [4.78, 5) is 14.8. The molecule has 7 nitrogen and oxygen atoms in total. The van der Waals surface area contributed by atoms with Gasteiger partial charge in [-0.1, -0.05) is 6.07 Å². The first-order valence-electron chi connectivity index (χ1n) is 6.19. The lowest BCUT2D eigenvalue weighted by atomic mass is 10.1. The van der Waals surface area contributed by atoms with Crippen LogP contribution < -0.4 is 4.72 Å². The van der Waals surface area contributed by atoms with Gasteiger partial charge in [0.25, 0.3) is 0 Å². The number of nitrogens with zero attached hydrogens (tertiary/aromatic N) is 2. The summed E-state index contributed by atoms with van der Waals surface area (Å²) in [5, 5.41) is 9.03. The summed E-state index contributed by atoms with van der Waals surface area (Å²) in [5.41, 5.74) is 0.493. The van der Waals surface area contributed by atoms with Crippen LogP contribution in [0.5, 0.6) is 0 Å². The van der Waals surface area contributed by atoms with Gasteiger partial charge in [0, 0.05) is 25.5 Å². The Morgan fingerprint density at radius 1 is 1.43 bits per heavy atom. The third-order valence-corrected chi connectivity index (χ3v) is 4.43. The van der Waals surface area contributed by atoms with Crippen LogP contribution in [-0.4, -0.2) is 35.6 Å². The first kappa shape index (κ1) is 15.2. The van der Waals surface area contributed by atoms with Gasteiger partial charge in [0.1, 0.15) is 0 Å². The summed E-state index contributed by atoms with van der Waals surface area (Å²) in [5.74, 6) is -1.15. The van der Waals surface area contributed by atoms with Crippen molar-refractivity contribution < 1.29 is 18.3 Å². The fourth-order valence-electron chi connectivity index (χ4n) is 1.81. The molecule has 0 unspecified atom stereocenters. The number of carboxylic acids is 1. The highest BCUT2D eigenvalue weighted by molar-refractivity contribution is 7.89. The number of aryl methyl sites for hydroxylation is 1. The van der Waals surface area contributed by atoms with Crippen molar-refractivity contribution in [2.75, 3.05) is 6.54 Å². The second-order valence-corrected chi connectivity index (χ2v) is 6.25. The Hall–Kier alpha value is -2.19. The topological polar surface area (TPSA) is 101 Å². The molecule has 0 spiro atoms. The van der Waals surface area contributed by atoms with E-state index < -0.39 is 16.0 Å². The molecule has 0 atom stereocenters. The second kappa shape index (κ2) is 6.06. The maximum atomic E-state index is 12.1. The highest BCUT2D eigenvalue weighted by Crippen LogP contribution is 2.15. The standard InChI is InChI=1S/C13H15N3O4S/c1-10-2-3-11(8-12(10)13(17)18)21(19,20)15-5-7-16-6-4-14-9-16/h2-4,6,8-9,15H,5,7H2,1H3,(H,17,18). The lowest BCUT2D eigenvalue weighted by Gasteiger charge is -2.09. The fraction of sp³-hybridized carbons (Fsp3) is 0.231. The van der Waals surface area contributed by atoms with Crippen molar-refractivity contribution >= 4 is 16.0 Å². The number of aromatic nitrogens is 2. The molecule has 1 heterocycles. The maximum absolute atomic E-state index is 12.1. The lowest BCUT2D eigenvalue weighted by Crippen LogP contribution is -2.27. The molecular weight excluding hydrogens is 294 g/mol. The van der Waals surface area contributed by atoms with Crippen LogP contribution in [0.3, 0.4) is 0 Å². The lowest BCUT2D eigenvalue weighted by molar-refractivity contribution is 0.0696. The van der Waals surface area contributed by atoms with Crippen LogP contribution in [0.4, 0.5) is 0 Å². The van der Waals surface area contributed by atoms with Crippen LogP contribution in [0.1, 0.15) is 15.9 Å². The number of carboxylic acid groups (broad SMARTS) is 1. The number of aromatic carboxylic acids is 1. The molecule has 0 aliphatic heterocycles.